The number of nitrogens with zero attached hydrogens (tertiary/aromatic N) is 1. The Labute approximate surface area is 159 Å². The highest BCUT2D eigenvalue weighted by atomic mass is 79.9. The normalized spacial score (nSPS) is 21.3. The van der Waals surface area contributed by atoms with Gasteiger partial charge in [-0.2, -0.15) is 0 Å². The number of carbonyl (C=O) groups excluding carboxylic acids is 2. The molecule has 10 heteroatoms. The number of hydrogen-bond donors (Lipinski definition) is 1. The lowest BCUT2D eigenvalue weighted by atomic mass is 9.82. The second-order valence-corrected chi connectivity index (χ2v) is 10.4. The van der Waals surface area contributed by atoms with Crippen molar-refractivity contribution in [2.45, 2.75) is 24.0 Å². The zero-order valence-corrected chi connectivity index (χ0v) is 17.1. The maximum atomic E-state index is 12.4. The molecule has 1 aromatic rings. The number of nitrogens with one attached hydrogen (secondary N) is 1. The SMILES string of the molecule is CCOCC1(C=O)CCCN(C(=O)CNS(=O)(=O)c2ccc(Br)s2)C1. The lowest BCUT2D eigenvalue weighted by Crippen LogP contribution is -2.51. The third kappa shape index (κ3) is 5.33. The Morgan fingerprint density at radius 1 is 1.52 bits per heavy atom. The van der Waals surface area contributed by atoms with Crippen LogP contribution in [0.15, 0.2) is 20.1 Å². The zero-order chi connectivity index (χ0) is 18.5. The molecule has 7 nitrogen and oxygen atoms in total. The number of aldehydes is 1. The van der Waals surface area contributed by atoms with Gasteiger partial charge in [-0.05, 0) is 47.8 Å². The molecular weight excluding hydrogens is 432 g/mol. The van der Waals surface area contributed by atoms with Crippen LogP contribution in [-0.4, -0.2) is 58.4 Å². The van der Waals surface area contributed by atoms with Crippen LogP contribution in [0.3, 0.4) is 0 Å². The summed E-state index contributed by atoms with van der Waals surface area (Å²) in [4.78, 5) is 25.5. The minimum Gasteiger partial charge on any atom is -0.381 e. The monoisotopic (exact) mass is 452 g/mol. The summed E-state index contributed by atoms with van der Waals surface area (Å²) >= 11 is 4.29. The number of rotatable bonds is 8. The summed E-state index contributed by atoms with van der Waals surface area (Å²) in [5, 5.41) is 0. The van der Waals surface area contributed by atoms with Crippen LogP contribution in [0.2, 0.25) is 0 Å². The second-order valence-electron chi connectivity index (χ2n) is 5.92. The number of carbonyl (C=O) groups is 2. The molecule has 2 heterocycles. The minimum atomic E-state index is -3.72. The van der Waals surface area contributed by atoms with E-state index in [9.17, 15) is 18.0 Å². The van der Waals surface area contributed by atoms with Gasteiger partial charge in [-0.1, -0.05) is 0 Å². The number of hydrogen-bond acceptors (Lipinski definition) is 6. The molecule has 1 unspecified atom stereocenters. The largest absolute Gasteiger partial charge is 0.381 e. The van der Waals surface area contributed by atoms with Gasteiger partial charge in [0.1, 0.15) is 10.5 Å². The van der Waals surface area contributed by atoms with Crippen LogP contribution in [-0.2, 0) is 24.3 Å². The summed E-state index contributed by atoms with van der Waals surface area (Å²) in [5.74, 6) is -0.346. The van der Waals surface area contributed by atoms with E-state index in [1.807, 2.05) is 6.92 Å². The molecule has 1 N–H and O–H groups in total. The van der Waals surface area contributed by atoms with Gasteiger partial charge in [-0.3, -0.25) is 4.79 Å². The summed E-state index contributed by atoms with van der Waals surface area (Å²) < 4.78 is 32.9. The van der Waals surface area contributed by atoms with E-state index in [-0.39, 0.29) is 29.8 Å². The fourth-order valence-corrected chi connectivity index (χ4v) is 5.74. The Morgan fingerprint density at radius 3 is 2.88 bits per heavy atom. The van der Waals surface area contributed by atoms with E-state index in [1.54, 1.807) is 6.07 Å². The van der Waals surface area contributed by atoms with Gasteiger partial charge in [-0.15, -0.1) is 11.3 Å². The smallest absolute Gasteiger partial charge is 0.250 e. The molecule has 140 valence electrons. The first kappa shape index (κ1) is 20.5. The van der Waals surface area contributed by atoms with Gasteiger partial charge in [0.05, 0.1) is 22.4 Å². The third-order valence-electron chi connectivity index (χ3n) is 4.03. The van der Waals surface area contributed by atoms with Gasteiger partial charge in [0.25, 0.3) is 10.0 Å². The average Bonchev–Trinajstić information content (AvgIpc) is 3.05. The predicted octanol–water partition coefficient (Wildman–Crippen LogP) is 1.63. The van der Waals surface area contributed by atoms with Crippen LogP contribution in [0.5, 0.6) is 0 Å². The molecule has 0 aliphatic carbocycles. The third-order valence-corrected chi connectivity index (χ3v) is 7.55. The van der Waals surface area contributed by atoms with Crippen molar-refractivity contribution in [3.63, 3.8) is 0 Å². The fraction of sp³-hybridized carbons (Fsp3) is 0.600. The van der Waals surface area contributed by atoms with Gasteiger partial charge in [0.15, 0.2) is 0 Å². The standard InChI is InChI=1S/C15H21BrN2O5S2/c1-2-23-11-15(10-19)6-3-7-18(9-15)13(20)8-17-25(21,22)14-5-4-12(16)24-14/h4-5,10,17H,2-3,6-9,11H2,1H3. The van der Waals surface area contributed by atoms with Crippen molar-refractivity contribution in [2.24, 2.45) is 5.41 Å². The average molecular weight is 453 g/mol. The Morgan fingerprint density at radius 2 is 2.28 bits per heavy atom. The van der Waals surface area contributed by atoms with Crippen LogP contribution in [0.1, 0.15) is 19.8 Å². The Hall–Kier alpha value is -0.810. The van der Waals surface area contributed by atoms with E-state index < -0.39 is 15.4 Å². The van der Waals surface area contributed by atoms with Crippen molar-refractivity contribution >= 4 is 49.5 Å². The quantitative estimate of drug-likeness (QED) is 0.605. The molecule has 0 spiro atoms. The molecule has 1 atom stereocenters. The highest BCUT2D eigenvalue weighted by Gasteiger charge is 2.37. The van der Waals surface area contributed by atoms with Gasteiger partial charge in [-0.25, -0.2) is 13.1 Å². The van der Waals surface area contributed by atoms with Gasteiger partial charge >= 0.3 is 0 Å². The molecule has 1 aliphatic heterocycles. The Kier molecular flexibility index (Phi) is 7.15. The van der Waals surface area contributed by atoms with Crippen molar-refractivity contribution in [3.8, 4) is 0 Å². The number of sulfonamides is 1. The van der Waals surface area contributed by atoms with Crippen LogP contribution >= 0.6 is 27.3 Å². The number of piperidine rings is 1. The first-order valence-corrected chi connectivity index (χ1v) is 11.0. The van der Waals surface area contributed by atoms with Crippen LogP contribution in [0, 0.1) is 5.41 Å². The van der Waals surface area contributed by atoms with Crippen molar-refractivity contribution in [1.82, 2.24) is 9.62 Å². The lowest BCUT2D eigenvalue weighted by Gasteiger charge is -2.39. The molecule has 0 saturated carbocycles. The Bertz CT molecular complexity index is 721. The van der Waals surface area contributed by atoms with Gasteiger partial charge in [0.2, 0.25) is 5.91 Å². The molecule has 0 aromatic carbocycles. The zero-order valence-electron chi connectivity index (χ0n) is 13.9. The number of halogens is 1. The summed E-state index contributed by atoms with van der Waals surface area (Å²) in [6, 6.07) is 3.11. The maximum absolute atomic E-state index is 12.4. The van der Waals surface area contributed by atoms with Crippen molar-refractivity contribution in [3.05, 3.63) is 15.9 Å². The van der Waals surface area contributed by atoms with Crippen molar-refractivity contribution < 1.29 is 22.7 Å². The van der Waals surface area contributed by atoms with Crippen molar-refractivity contribution in [2.75, 3.05) is 32.8 Å². The molecule has 1 saturated heterocycles. The van der Waals surface area contributed by atoms with E-state index in [2.05, 4.69) is 20.7 Å². The van der Waals surface area contributed by atoms with Gasteiger partial charge in [0, 0.05) is 19.7 Å². The van der Waals surface area contributed by atoms with E-state index in [0.29, 0.717) is 29.8 Å². The summed E-state index contributed by atoms with van der Waals surface area (Å²) in [6.07, 6.45) is 2.20. The number of amides is 1. The lowest BCUT2D eigenvalue weighted by molar-refractivity contribution is -0.137. The first-order chi connectivity index (χ1) is 11.8. The molecule has 1 amide bonds. The molecule has 2 rings (SSSR count). The number of ether oxygens (including phenoxy) is 1. The Balaban J connectivity index is 1.97. The fourth-order valence-electron chi connectivity index (χ4n) is 2.71. The van der Waals surface area contributed by atoms with Crippen LogP contribution in [0.25, 0.3) is 0 Å². The molecule has 0 bridgehead atoms. The number of thiophene rings is 1. The molecule has 1 aliphatic rings. The van der Waals surface area contributed by atoms with Crippen molar-refractivity contribution in [1.29, 1.82) is 0 Å². The molecule has 1 fully saturated rings. The molecule has 1 aromatic heterocycles. The summed E-state index contributed by atoms with van der Waals surface area (Å²) in [5.41, 5.74) is -0.707. The number of likely N-dealkylation sites (tertiary alicyclic amines) is 1. The maximum Gasteiger partial charge on any atom is 0.250 e. The van der Waals surface area contributed by atoms with Crippen LogP contribution in [0.4, 0.5) is 0 Å². The van der Waals surface area contributed by atoms with E-state index in [4.69, 9.17) is 4.74 Å². The van der Waals surface area contributed by atoms with Gasteiger partial charge < -0.3 is 14.4 Å². The molecule has 0 radical (unpaired) electrons. The van der Waals surface area contributed by atoms with E-state index >= 15 is 0 Å². The topological polar surface area (TPSA) is 92.8 Å². The predicted molar refractivity (Wildman–Crippen MR) is 98.0 cm³/mol. The second kappa shape index (κ2) is 8.72. The highest BCUT2D eigenvalue weighted by molar-refractivity contribution is 9.11. The van der Waals surface area contributed by atoms with E-state index in [1.165, 1.54) is 11.0 Å². The summed E-state index contributed by atoms with van der Waals surface area (Å²) in [6.45, 7) is 3.04. The van der Waals surface area contributed by atoms with Crippen LogP contribution < -0.4 is 4.72 Å². The minimum absolute atomic E-state index is 0.143. The summed E-state index contributed by atoms with van der Waals surface area (Å²) in [7, 11) is -3.72. The molecule has 25 heavy (non-hydrogen) atoms. The first-order valence-electron chi connectivity index (χ1n) is 7.89. The highest BCUT2D eigenvalue weighted by Crippen LogP contribution is 2.29. The van der Waals surface area contributed by atoms with E-state index in [0.717, 1.165) is 17.6 Å². The molecular formula is C15H21BrN2O5S2.